The van der Waals surface area contributed by atoms with Crippen LogP contribution in [0.4, 0.5) is 11.4 Å². The van der Waals surface area contributed by atoms with Crippen molar-refractivity contribution in [1.29, 1.82) is 0 Å². The zero-order valence-corrected chi connectivity index (χ0v) is 16.9. The van der Waals surface area contributed by atoms with Crippen LogP contribution < -0.4 is 15.4 Å². The number of hydrogen-bond donors (Lipinski definition) is 3. The summed E-state index contributed by atoms with van der Waals surface area (Å²) in [6.07, 6.45) is 2.07. The van der Waals surface area contributed by atoms with Crippen molar-refractivity contribution in [2.24, 2.45) is 0 Å². The van der Waals surface area contributed by atoms with Crippen molar-refractivity contribution in [3.63, 3.8) is 0 Å². The van der Waals surface area contributed by atoms with Gasteiger partial charge in [-0.25, -0.2) is 4.79 Å². The van der Waals surface area contributed by atoms with Crippen LogP contribution >= 0.6 is 0 Å². The van der Waals surface area contributed by atoms with E-state index in [-0.39, 0.29) is 36.9 Å². The lowest BCUT2D eigenvalue weighted by atomic mass is 10.2. The van der Waals surface area contributed by atoms with Gasteiger partial charge in [0.2, 0.25) is 5.91 Å². The van der Waals surface area contributed by atoms with E-state index in [2.05, 4.69) is 10.6 Å². The lowest BCUT2D eigenvalue weighted by molar-refractivity contribution is -0.136. The number of aliphatic hydroxyl groups excluding tert-OH is 1. The van der Waals surface area contributed by atoms with Gasteiger partial charge in [-0.1, -0.05) is 13.3 Å². The van der Waals surface area contributed by atoms with Crippen LogP contribution in [0.2, 0.25) is 0 Å². The molecule has 0 bridgehead atoms. The number of methoxy groups -OCH3 is 2. The molecule has 9 nitrogen and oxygen atoms in total. The van der Waals surface area contributed by atoms with Crippen molar-refractivity contribution in [3.05, 3.63) is 29.5 Å². The third kappa shape index (κ3) is 5.47. The number of carbonyl (C=O) groups is 3. The minimum atomic E-state index is -0.622. The Hall–Kier alpha value is -3.07. The summed E-state index contributed by atoms with van der Waals surface area (Å²) in [5.74, 6) is -0.697. The smallest absolute Gasteiger partial charge is 0.337 e. The van der Waals surface area contributed by atoms with Gasteiger partial charge in [0.25, 0.3) is 5.91 Å². The van der Waals surface area contributed by atoms with Gasteiger partial charge in [-0.2, -0.15) is 0 Å². The number of aliphatic hydroxyl groups is 1. The third-order valence-corrected chi connectivity index (χ3v) is 4.45. The second kappa shape index (κ2) is 10.5. The molecule has 0 unspecified atom stereocenters. The van der Waals surface area contributed by atoms with Crippen LogP contribution in [-0.4, -0.2) is 61.7 Å². The van der Waals surface area contributed by atoms with E-state index in [0.29, 0.717) is 23.5 Å². The van der Waals surface area contributed by atoms with E-state index in [1.165, 1.54) is 19.1 Å². The zero-order chi connectivity index (χ0) is 21.4. The molecule has 2 amide bonds. The number of nitrogens with zero attached hydrogens (tertiary/aromatic N) is 1. The quantitative estimate of drug-likeness (QED) is 0.505. The zero-order valence-electron chi connectivity index (χ0n) is 16.9. The molecule has 0 atom stereocenters. The van der Waals surface area contributed by atoms with Crippen molar-refractivity contribution in [3.8, 4) is 5.75 Å². The molecule has 1 heterocycles. The molecule has 0 saturated heterocycles. The van der Waals surface area contributed by atoms with E-state index >= 15 is 0 Å². The SMILES string of the molecule is CCCCC(=O)Nc1cc(NC2=C(C(=O)OC)CN(CCO)C2=O)ccc1OC. The number of amides is 2. The first kappa shape index (κ1) is 22.2. The Kier molecular flexibility index (Phi) is 8.02. The maximum absolute atomic E-state index is 12.6. The van der Waals surface area contributed by atoms with Crippen LogP contribution in [0.3, 0.4) is 0 Å². The van der Waals surface area contributed by atoms with Crippen LogP contribution in [0, 0.1) is 0 Å². The van der Waals surface area contributed by atoms with Crippen molar-refractivity contribution in [2.45, 2.75) is 26.2 Å². The number of esters is 1. The predicted octanol–water partition coefficient (Wildman–Crippen LogP) is 1.50. The molecule has 0 fully saturated rings. The number of benzene rings is 1. The molecule has 0 spiro atoms. The van der Waals surface area contributed by atoms with Crippen molar-refractivity contribution >= 4 is 29.2 Å². The first-order chi connectivity index (χ1) is 13.9. The van der Waals surface area contributed by atoms with E-state index < -0.39 is 11.9 Å². The molecule has 1 aromatic carbocycles. The van der Waals surface area contributed by atoms with Crippen LogP contribution in [-0.2, 0) is 19.1 Å². The van der Waals surface area contributed by atoms with Crippen LogP contribution in [0.5, 0.6) is 5.75 Å². The summed E-state index contributed by atoms with van der Waals surface area (Å²) in [6, 6.07) is 4.96. The van der Waals surface area contributed by atoms with Gasteiger partial charge >= 0.3 is 5.97 Å². The highest BCUT2D eigenvalue weighted by Crippen LogP contribution is 2.30. The highest BCUT2D eigenvalue weighted by Gasteiger charge is 2.34. The standard InChI is InChI=1S/C20H27N3O6/c1-4-5-6-17(25)22-15-11-13(7-8-16(15)28-2)21-18-14(20(27)29-3)12-23(9-10-24)19(18)26/h7-8,11,21,24H,4-6,9-10,12H2,1-3H3,(H,22,25). The molecule has 1 aromatic rings. The van der Waals surface area contributed by atoms with E-state index in [4.69, 9.17) is 14.6 Å². The second-order valence-corrected chi connectivity index (χ2v) is 6.49. The van der Waals surface area contributed by atoms with Crippen molar-refractivity contribution in [1.82, 2.24) is 4.90 Å². The van der Waals surface area contributed by atoms with E-state index in [9.17, 15) is 14.4 Å². The van der Waals surface area contributed by atoms with Gasteiger partial charge in [0, 0.05) is 18.7 Å². The molecule has 0 aliphatic carbocycles. The Morgan fingerprint density at radius 1 is 1.28 bits per heavy atom. The molecule has 29 heavy (non-hydrogen) atoms. The highest BCUT2D eigenvalue weighted by molar-refractivity contribution is 6.08. The van der Waals surface area contributed by atoms with Crippen molar-refractivity contribution < 1.29 is 29.0 Å². The van der Waals surface area contributed by atoms with Gasteiger partial charge in [-0.3, -0.25) is 9.59 Å². The number of unbranched alkanes of at least 4 members (excludes halogenated alkanes) is 1. The van der Waals surface area contributed by atoms with Gasteiger partial charge in [-0.05, 0) is 24.6 Å². The van der Waals surface area contributed by atoms with Crippen molar-refractivity contribution in [2.75, 3.05) is 44.5 Å². The summed E-state index contributed by atoms with van der Waals surface area (Å²) in [6.45, 7) is 1.94. The number of rotatable bonds is 10. The van der Waals surface area contributed by atoms with Gasteiger partial charge in [0.1, 0.15) is 11.4 Å². The Morgan fingerprint density at radius 2 is 2.03 bits per heavy atom. The van der Waals surface area contributed by atoms with E-state index in [0.717, 1.165) is 12.8 Å². The van der Waals surface area contributed by atoms with Gasteiger partial charge in [-0.15, -0.1) is 0 Å². The monoisotopic (exact) mass is 405 g/mol. The number of carbonyl (C=O) groups excluding carboxylic acids is 3. The van der Waals surface area contributed by atoms with E-state index in [1.54, 1.807) is 18.2 Å². The molecular weight excluding hydrogens is 378 g/mol. The number of nitrogens with one attached hydrogen (secondary N) is 2. The molecule has 1 aliphatic rings. The molecule has 3 N–H and O–H groups in total. The fraction of sp³-hybridized carbons (Fsp3) is 0.450. The van der Waals surface area contributed by atoms with Crippen LogP contribution in [0.25, 0.3) is 0 Å². The van der Waals surface area contributed by atoms with Crippen LogP contribution in [0.15, 0.2) is 29.5 Å². The van der Waals surface area contributed by atoms with Gasteiger partial charge in [0.15, 0.2) is 0 Å². The molecule has 0 radical (unpaired) electrons. The molecule has 9 heteroatoms. The minimum Gasteiger partial charge on any atom is -0.495 e. The molecule has 0 saturated carbocycles. The first-order valence-electron chi connectivity index (χ1n) is 9.41. The van der Waals surface area contributed by atoms with Gasteiger partial charge < -0.3 is 30.1 Å². The molecular formula is C20H27N3O6. The summed E-state index contributed by atoms with van der Waals surface area (Å²) < 4.78 is 10.1. The molecule has 0 aromatic heterocycles. The molecule has 2 rings (SSSR count). The van der Waals surface area contributed by atoms with E-state index in [1.807, 2.05) is 6.92 Å². The fourth-order valence-electron chi connectivity index (χ4n) is 2.93. The Morgan fingerprint density at radius 3 is 2.66 bits per heavy atom. The number of hydrogen-bond acceptors (Lipinski definition) is 7. The topological polar surface area (TPSA) is 117 Å². The maximum atomic E-state index is 12.6. The highest BCUT2D eigenvalue weighted by atomic mass is 16.5. The average Bonchev–Trinajstić information content (AvgIpc) is 3.02. The predicted molar refractivity (Wildman–Crippen MR) is 107 cm³/mol. The maximum Gasteiger partial charge on any atom is 0.337 e. The van der Waals surface area contributed by atoms with Crippen LogP contribution in [0.1, 0.15) is 26.2 Å². The Bertz CT molecular complexity index is 805. The minimum absolute atomic E-state index is 0.0468. The second-order valence-electron chi connectivity index (χ2n) is 6.49. The number of β-amino-alcohol motifs (C(OH)–C–C–N with tert-alkyl or cyclic N) is 1. The molecule has 158 valence electrons. The molecule has 1 aliphatic heterocycles. The van der Waals surface area contributed by atoms with Gasteiger partial charge in [0.05, 0.1) is 38.6 Å². The fourth-order valence-corrected chi connectivity index (χ4v) is 2.93. The number of ether oxygens (including phenoxy) is 2. The number of anilines is 2. The third-order valence-electron chi connectivity index (χ3n) is 4.45. The summed E-state index contributed by atoms with van der Waals surface area (Å²) >= 11 is 0. The Balaban J connectivity index is 2.29. The normalized spacial score (nSPS) is 13.5. The lowest BCUT2D eigenvalue weighted by Crippen LogP contribution is -2.31. The summed E-state index contributed by atoms with van der Waals surface area (Å²) in [5, 5.41) is 14.9. The summed E-state index contributed by atoms with van der Waals surface area (Å²) in [5.41, 5.74) is 1.21. The summed E-state index contributed by atoms with van der Waals surface area (Å²) in [4.78, 5) is 38.2. The largest absolute Gasteiger partial charge is 0.495 e. The average molecular weight is 405 g/mol. The lowest BCUT2D eigenvalue weighted by Gasteiger charge is -2.16. The Labute approximate surface area is 169 Å². The first-order valence-corrected chi connectivity index (χ1v) is 9.41. The summed E-state index contributed by atoms with van der Waals surface area (Å²) in [7, 11) is 2.73.